The Morgan fingerprint density at radius 3 is 1.10 bits per heavy atom. The van der Waals surface area contributed by atoms with Crippen LogP contribution in [0.5, 0.6) is 0 Å². The van der Waals surface area contributed by atoms with Gasteiger partial charge in [-0.1, -0.05) is 218 Å². The van der Waals surface area contributed by atoms with Gasteiger partial charge in [-0.15, -0.1) is 0 Å². The molecule has 0 rings (SSSR count). The third kappa shape index (κ3) is 46.8. The minimum absolute atomic E-state index is 0.151. The van der Waals surface area contributed by atoms with Crippen LogP contribution in [0.15, 0.2) is 36.5 Å². The monoisotopic (exact) mass is 815 g/mol. The van der Waals surface area contributed by atoms with Crippen molar-refractivity contribution >= 4 is 11.9 Å². The van der Waals surface area contributed by atoms with E-state index >= 15 is 0 Å². The molecule has 0 aliphatic carbocycles. The van der Waals surface area contributed by atoms with Crippen LogP contribution in [0.1, 0.15) is 265 Å². The maximum Gasteiger partial charge on any atom is 0.305 e. The molecule has 58 heavy (non-hydrogen) atoms. The van der Waals surface area contributed by atoms with Crippen molar-refractivity contribution in [1.82, 2.24) is 0 Å². The molecule has 0 unspecified atom stereocenters. The van der Waals surface area contributed by atoms with Crippen molar-refractivity contribution in [3.05, 3.63) is 36.5 Å². The molecule has 0 saturated heterocycles. The fourth-order valence-electron chi connectivity index (χ4n) is 7.26. The van der Waals surface area contributed by atoms with E-state index in [4.69, 9.17) is 14.2 Å². The predicted octanol–water partition coefficient (Wildman–Crippen LogP) is 17.0. The topological polar surface area (TPSA) is 61.8 Å². The molecule has 0 spiro atoms. The molecule has 0 fully saturated rings. The van der Waals surface area contributed by atoms with Gasteiger partial charge in [-0.2, -0.15) is 0 Å². The summed E-state index contributed by atoms with van der Waals surface area (Å²) in [5.41, 5.74) is 0. The lowest BCUT2D eigenvalue weighted by Crippen LogP contribution is -2.29. The Hall–Kier alpha value is -1.88. The normalized spacial score (nSPS) is 12.4. The molecular formula is C53H98O5. The number of carbonyl (C=O) groups excluding carboxylic acids is 2. The minimum Gasteiger partial charge on any atom is -0.463 e. The first-order valence-electron chi connectivity index (χ1n) is 25.5. The lowest BCUT2D eigenvalue weighted by molar-refractivity contribution is -0.155. The lowest BCUT2D eigenvalue weighted by Gasteiger charge is -2.18. The standard InChI is InChI=1S/C53H98O5/c1-4-7-10-13-16-19-22-24-26-28-30-33-36-39-42-45-48-56-51(49-57-52(54)46-43-40-37-34-31-21-18-15-12-9-6-3)50-58-53(55)47-44-41-38-35-32-29-27-25-23-20-17-14-11-8-5-2/h15,17-18,20,25,27,51H,4-14,16,19,21-24,26,28-50H2,1-3H3/b18-15-,20-17-,27-25-/t51-/m0/s1. The summed E-state index contributed by atoms with van der Waals surface area (Å²) in [7, 11) is 0. The Morgan fingerprint density at radius 2 is 0.672 bits per heavy atom. The van der Waals surface area contributed by atoms with Crippen LogP contribution in [-0.4, -0.2) is 37.9 Å². The number of carbonyl (C=O) groups is 2. The Balaban J connectivity index is 4.24. The van der Waals surface area contributed by atoms with Crippen LogP contribution in [0.25, 0.3) is 0 Å². The highest BCUT2D eigenvalue weighted by molar-refractivity contribution is 5.69. The average molecular weight is 815 g/mol. The number of allylic oxidation sites excluding steroid dienone is 6. The summed E-state index contributed by atoms with van der Waals surface area (Å²) >= 11 is 0. The van der Waals surface area contributed by atoms with E-state index in [1.54, 1.807) is 0 Å². The molecule has 0 aliphatic rings. The lowest BCUT2D eigenvalue weighted by atomic mass is 10.0. The van der Waals surface area contributed by atoms with Crippen LogP contribution >= 0.6 is 0 Å². The Bertz CT molecular complexity index is 924. The van der Waals surface area contributed by atoms with Gasteiger partial charge in [-0.3, -0.25) is 9.59 Å². The summed E-state index contributed by atoms with van der Waals surface area (Å²) in [6.45, 7) is 7.68. The molecule has 0 amide bonds. The van der Waals surface area contributed by atoms with Crippen molar-refractivity contribution in [2.75, 3.05) is 19.8 Å². The fourth-order valence-corrected chi connectivity index (χ4v) is 7.26. The van der Waals surface area contributed by atoms with Crippen molar-refractivity contribution in [1.29, 1.82) is 0 Å². The van der Waals surface area contributed by atoms with Crippen LogP contribution in [0.4, 0.5) is 0 Å². The number of hydrogen-bond acceptors (Lipinski definition) is 5. The molecule has 0 aromatic heterocycles. The number of esters is 2. The van der Waals surface area contributed by atoms with Gasteiger partial charge in [-0.05, 0) is 70.6 Å². The maximum atomic E-state index is 12.6. The van der Waals surface area contributed by atoms with Gasteiger partial charge in [0, 0.05) is 19.4 Å². The Morgan fingerprint density at radius 1 is 0.362 bits per heavy atom. The highest BCUT2D eigenvalue weighted by Gasteiger charge is 2.16. The maximum absolute atomic E-state index is 12.6. The molecule has 0 radical (unpaired) electrons. The van der Waals surface area contributed by atoms with Gasteiger partial charge in [0.15, 0.2) is 0 Å². The van der Waals surface area contributed by atoms with Crippen molar-refractivity contribution in [2.24, 2.45) is 0 Å². The predicted molar refractivity (Wildman–Crippen MR) is 252 cm³/mol. The third-order valence-electron chi connectivity index (χ3n) is 11.2. The summed E-state index contributed by atoms with van der Waals surface area (Å²) in [6.07, 6.45) is 58.8. The van der Waals surface area contributed by atoms with E-state index in [9.17, 15) is 9.59 Å². The quantitative estimate of drug-likeness (QED) is 0.0348. The molecule has 5 nitrogen and oxygen atoms in total. The smallest absolute Gasteiger partial charge is 0.305 e. The zero-order valence-corrected chi connectivity index (χ0v) is 39.1. The van der Waals surface area contributed by atoms with E-state index in [1.165, 1.54) is 161 Å². The molecule has 0 bridgehead atoms. The van der Waals surface area contributed by atoms with E-state index in [1.807, 2.05) is 0 Å². The molecule has 0 N–H and O–H groups in total. The molecule has 0 aromatic rings. The second-order valence-corrected chi connectivity index (χ2v) is 17.1. The van der Waals surface area contributed by atoms with E-state index in [-0.39, 0.29) is 25.2 Å². The molecule has 0 saturated carbocycles. The molecule has 1 atom stereocenters. The van der Waals surface area contributed by atoms with Gasteiger partial charge >= 0.3 is 11.9 Å². The van der Waals surface area contributed by atoms with Crippen molar-refractivity contribution < 1.29 is 23.8 Å². The number of rotatable bonds is 47. The van der Waals surface area contributed by atoms with Gasteiger partial charge in [0.25, 0.3) is 0 Å². The second kappa shape index (κ2) is 49.5. The number of hydrogen-bond donors (Lipinski definition) is 0. The zero-order chi connectivity index (χ0) is 42.1. The highest BCUT2D eigenvalue weighted by atomic mass is 16.6. The van der Waals surface area contributed by atoms with E-state index in [0.717, 1.165) is 70.6 Å². The number of unbranched alkanes of at least 4 members (excludes halogenated alkanes) is 30. The summed E-state index contributed by atoms with van der Waals surface area (Å²) in [5, 5.41) is 0. The van der Waals surface area contributed by atoms with Crippen LogP contribution in [-0.2, 0) is 23.8 Å². The third-order valence-corrected chi connectivity index (χ3v) is 11.2. The average Bonchev–Trinajstić information content (AvgIpc) is 3.23. The van der Waals surface area contributed by atoms with Crippen molar-refractivity contribution in [3.8, 4) is 0 Å². The highest BCUT2D eigenvalue weighted by Crippen LogP contribution is 2.15. The van der Waals surface area contributed by atoms with Crippen molar-refractivity contribution in [2.45, 2.75) is 271 Å². The van der Waals surface area contributed by atoms with Gasteiger partial charge < -0.3 is 14.2 Å². The molecule has 5 heteroatoms. The minimum atomic E-state index is -0.403. The Kier molecular flexibility index (Phi) is 47.9. The van der Waals surface area contributed by atoms with Crippen LogP contribution in [0.3, 0.4) is 0 Å². The zero-order valence-electron chi connectivity index (χ0n) is 39.1. The first-order valence-corrected chi connectivity index (χ1v) is 25.5. The number of ether oxygens (including phenoxy) is 3. The SMILES string of the molecule is CCCC/C=C\CCCCCCCC(=O)OC[C@@H](COC(=O)CCCCCCC/C=C\C/C=C\CCCCC)OCCCCCCCCCCCCCCCCCC. The van der Waals surface area contributed by atoms with Crippen LogP contribution in [0, 0.1) is 0 Å². The van der Waals surface area contributed by atoms with Gasteiger partial charge in [-0.25, -0.2) is 0 Å². The van der Waals surface area contributed by atoms with Crippen molar-refractivity contribution in [3.63, 3.8) is 0 Å². The first-order chi connectivity index (χ1) is 28.6. The first kappa shape index (κ1) is 56.1. The van der Waals surface area contributed by atoms with Crippen LogP contribution < -0.4 is 0 Å². The second-order valence-electron chi connectivity index (χ2n) is 17.1. The summed E-state index contributed by atoms with van der Waals surface area (Å²) in [6, 6.07) is 0. The summed E-state index contributed by atoms with van der Waals surface area (Å²) in [4.78, 5) is 25.1. The molecule has 0 aliphatic heterocycles. The summed E-state index contributed by atoms with van der Waals surface area (Å²) in [5.74, 6) is -0.351. The van der Waals surface area contributed by atoms with Gasteiger partial charge in [0.05, 0.1) is 0 Å². The van der Waals surface area contributed by atoms with E-state index in [2.05, 4.69) is 57.2 Å². The Labute approximate surface area is 361 Å². The van der Waals surface area contributed by atoms with Crippen LogP contribution in [0.2, 0.25) is 0 Å². The molecule has 340 valence electrons. The molecular weight excluding hydrogens is 717 g/mol. The largest absolute Gasteiger partial charge is 0.463 e. The van der Waals surface area contributed by atoms with Gasteiger partial charge in [0.2, 0.25) is 0 Å². The van der Waals surface area contributed by atoms with Gasteiger partial charge in [0.1, 0.15) is 19.3 Å². The molecule has 0 aromatic carbocycles. The van der Waals surface area contributed by atoms with E-state index in [0.29, 0.717) is 19.4 Å². The van der Waals surface area contributed by atoms with E-state index < -0.39 is 6.10 Å². The molecule has 0 heterocycles. The summed E-state index contributed by atoms with van der Waals surface area (Å²) < 4.78 is 17.4. The fraction of sp³-hybridized carbons (Fsp3) is 0.849.